The van der Waals surface area contributed by atoms with E-state index in [0.29, 0.717) is 0 Å². The molecule has 0 fully saturated rings. The molecule has 0 spiro atoms. The van der Waals surface area contributed by atoms with Crippen molar-refractivity contribution in [1.29, 1.82) is 0 Å². The Morgan fingerprint density at radius 1 is 0.800 bits per heavy atom. The van der Waals surface area contributed by atoms with E-state index in [1.165, 1.54) is 0 Å². The molecule has 3 heteroatoms. The van der Waals surface area contributed by atoms with Crippen LogP contribution in [0.15, 0.2) is 55.0 Å². The number of fused-ring (bicyclic) bond motifs is 2. The average molecular weight is 257 g/mol. The molecule has 0 aliphatic heterocycles. The lowest BCUT2D eigenvalue weighted by Gasteiger charge is -1.95. The van der Waals surface area contributed by atoms with Crippen LogP contribution in [0.4, 0.5) is 0 Å². The largest absolute Gasteiger partial charge is 0.361 e. The number of nitrogens with one attached hydrogen (secondary N) is 2. The Morgan fingerprint density at radius 2 is 1.60 bits per heavy atom. The number of aromatic nitrogens is 3. The SMILES string of the molecule is C(#Cc1ccnc2[nH]ccc12)c1cccc2[nH]ccc12. The van der Waals surface area contributed by atoms with E-state index in [-0.39, 0.29) is 0 Å². The van der Waals surface area contributed by atoms with Crippen LogP contribution in [-0.2, 0) is 0 Å². The summed E-state index contributed by atoms with van der Waals surface area (Å²) in [6, 6.07) is 12.1. The van der Waals surface area contributed by atoms with Crippen molar-refractivity contribution < 1.29 is 0 Å². The molecule has 4 aromatic rings. The zero-order chi connectivity index (χ0) is 13.4. The molecule has 0 aliphatic rings. The Hall–Kier alpha value is -2.99. The fraction of sp³-hybridized carbons (Fsp3) is 0. The molecule has 0 bridgehead atoms. The lowest BCUT2D eigenvalue weighted by Crippen LogP contribution is -1.81. The third kappa shape index (κ3) is 1.67. The number of hydrogen-bond donors (Lipinski definition) is 2. The minimum absolute atomic E-state index is 0.872. The minimum atomic E-state index is 0.872. The molecule has 1 aromatic carbocycles. The highest BCUT2D eigenvalue weighted by Crippen LogP contribution is 2.17. The molecule has 3 aromatic heterocycles. The van der Waals surface area contributed by atoms with Crippen molar-refractivity contribution in [2.45, 2.75) is 0 Å². The number of pyridine rings is 1. The summed E-state index contributed by atoms with van der Waals surface area (Å²) in [6.45, 7) is 0. The summed E-state index contributed by atoms with van der Waals surface area (Å²) in [4.78, 5) is 10.6. The van der Waals surface area contributed by atoms with Gasteiger partial charge in [0.2, 0.25) is 0 Å². The maximum atomic E-state index is 4.27. The van der Waals surface area contributed by atoms with Crippen molar-refractivity contribution in [2.24, 2.45) is 0 Å². The third-order valence-electron chi connectivity index (χ3n) is 3.39. The van der Waals surface area contributed by atoms with Gasteiger partial charge < -0.3 is 9.97 Å². The molecule has 0 radical (unpaired) electrons. The highest BCUT2D eigenvalue weighted by atomic mass is 14.8. The van der Waals surface area contributed by atoms with Crippen molar-refractivity contribution >= 4 is 21.9 Å². The van der Waals surface area contributed by atoms with Gasteiger partial charge in [0.05, 0.1) is 0 Å². The molecule has 4 rings (SSSR count). The van der Waals surface area contributed by atoms with E-state index in [4.69, 9.17) is 0 Å². The predicted molar refractivity (Wildman–Crippen MR) is 80.4 cm³/mol. The molecule has 0 amide bonds. The molecule has 94 valence electrons. The number of H-pyrrole nitrogens is 2. The first kappa shape index (κ1) is 10.9. The van der Waals surface area contributed by atoms with Crippen LogP contribution in [-0.4, -0.2) is 15.0 Å². The second-order valence-electron chi connectivity index (χ2n) is 4.59. The maximum absolute atomic E-state index is 4.27. The first-order valence-corrected chi connectivity index (χ1v) is 6.42. The van der Waals surface area contributed by atoms with Crippen LogP contribution in [0.25, 0.3) is 21.9 Å². The average Bonchev–Trinajstić information content (AvgIpc) is 3.13. The third-order valence-corrected chi connectivity index (χ3v) is 3.39. The predicted octanol–water partition coefficient (Wildman–Crippen LogP) is 3.44. The summed E-state index contributed by atoms with van der Waals surface area (Å²) in [6.07, 6.45) is 5.60. The van der Waals surface area contributed by atoms with Crippen LogP contribution in [0, 0.1) is 11.8 Å². The first-order chi connectivity index (χ1) is 9.92. The Balaban J connectivity index is 1.87. The smallest absolute Gasteiger partial charge is 0.138 e. The van der Waals surface area contributed by atoms with Gasteiger partial charge in [-0.15, -0.1) is 0 Å². The van der Waals surface area contributed by atoms with Crippen LogP contribution in [0.2, 0.25) is 0 Å². The quantitative estimate of drug-likeness (QED) is 0.466. The Kier molecular flexibility index (Phi) is 2.33. The maximum Gasteiger partial charge on any atom is 0.138 e. The lowest BCUT2D eigenvalue weighted by atomic mass is 10.1. The summed E-state index contributed by atoms with van der Waals surface area (Å²) in [5.41, 5.74) is 4.00. The zero-order valence-corrected chi connectivity index (χ0v) is 10.6. The highest BCUT2D eigenvalue weighted by Gasteiger charge is 2.01. The molecule has 3 heterocycles. The van der Waals surface area contributed by atoms with Gasteiger partial charge in [-0.1, -0.05) is 17.9 Å². The molecule has 3 nitrogen and oxygen atoms in total. The topological polar surface area (TPSA) is 44.5 Å². The van der Waals surface area contributed by atoms with Gasteiger partial charge in [-0.3, -0.25) is 0 Å². The number of hydrogen-bond acceptors (Lipinski definition) is 1. The minimum Gasteiger partial charge on any atom is -0.361 e. The van der Waals surface area contributed by atoms with Crippen LogP contribution in [0.5, 0.6) is 0 Å². The van der Waals surface area contributed by atoms with Gasteiger partial charge in [-0.25, -0.2) is 4.98 Å². The zero-order valence-electron chi connectivity index (χ0n) is 10.6. The van der Waals surface area contributed by atoms with E-state index in [1.54, 1.807) is 6.20 Å². The van der Waals surface area contributed by atoms with E-state index >= 15 is 0 Å². The molecule has 0 saturated heterocycles. The molecule has 2 N–H and O–H groups in total. The molecule has 20 heavy (non-hydrogen) atoms. The van der Waals surface area contributed by atoms with E-state index in [9.17, 15) is 0 Å². The van der Waals surface area contributed by atoms with Gasteiger partial charge in [0, 0.05) is 46.0 Å². The van der Waals surface area contributed by atoms with Crippen molar-refractivity contribution in [2.75, 3.05) is 0 Å². The summed E-state index contributed by atoms with van der Waals surface area (Å²) in [7, 11) is 0. The van der Waals surface area contributed by atoms with E-state index < -0.39 is 0 Å². The fourth-order valence-electron chi connectivity index (χ4n) is 2.40. The number of rotatable bonds is 0. The van der Waals surface area contributed by atoms with Crippen molar-refractivity contribution in [3.63, 3.8) is 0 Å². The van der Waals surface area contributed by atoms with Crippen molar-refractivity contribution in [1.82, 2.24) is 15.0 Å². The first-order valence-electron chi connectivity index (χ1n) is 6.42. The van der Waals surface area contributed by atoms with Crippen LogP contribution >= 0.6 is 0 Å². The summed E-state index contributed by atoms with van der Waals surface area (Å²) >= 11 is 0. The summed E-state index contributed by atoms with van der Waals surface area (Å²) < 4.78 is 0. The van der Waals surface area contributed by atoms with E-state index in [2.05, 4.69) is 38.9 Å². The number of aromatic amines is 2. The molecular weight excluding hydrogens is 246 g/mol. The normalized spacial score (nSPS) is 10.6. The van der Waals surface area contributed by atoms with Gasteiger partial charge >= 0.3 is 0 Å². The number of nitrogens with zero attached hydrogens (tertiary/aromatic N) is 1. The summed E-state index contributed by atoms with van der Waals surface area (Å²) in [5, 5.41) is 2.21. The molecule has 0 aliphatic carbocycles. The van der Waals surface area contributed by atoms with Crippen LogP contribution in [0.1, 0.15) is 11.1 Å². The second kappa shape index (κ2) is 4.29. The highest BCUT2D eigenvalue weighted by molar-refractivity contribution is 5.87. The van der Waals surface area contributed by atoms with Crippen LogP contribution < -0.4 is 0 Å². The van der Waals surface area contributed by atoms with Crippen molar-refractivity contribution in [3.05, 3.63) is 66.1 Å². The van der Waals surface area contributed by atoms with Crippen LogP contribution in [0.3, 0.4) is 0 Å². The number of benzene rings is 1. The standard InChI is InChI=1S/C17H11N3/c1-2-12(14-7-10-18-16(14)3-1)4-5-13-6-9-19-17-15(13)8-11-20-17/h1-3,6-11,18H,(H,19,20). The molecule has 0 unspecified atom stereocenters. The molecule has 0 saturated carbocycles. The van der Waals surface area contributed by atoms with Gasteiger partial charge in [0.1, 0.15) is 5.65 Å². The Bertz CT molecular complexity index is 886. The molecule has 0 atom stereocenters. The second-order valence-corrected chi connectivity index (χ2v) is 4.59. The fourth-order valence-corrected chi connectivity index (χ4v) is 2.40. The lowest BCUT2D eigenvalue weighted by molar-refractivity contribution is 1.32. The van der Waals surface area contributed by atoms with Crippen molar-refractivity contribution in [3.8, 4) is 11.8 Å². The van der Waals surface area contributed by atoms with E-state index in [1.807, 2.05) is 36.7 Å². The summed E-state index contributed by atoms with van der Waals surface area (Å²) in [5.74, 6) is 6.51. The van der Waals surface area contributed by atoms with Gasteiger partial charge in [0.25, 0.3) is 0 Å². The van der Waals surface area contributed by atoms with Gasteiger partial charge in [0.15, 0.2) is 0 Å². The van der Waals surface area contributed by atoms with Gasteiger partial charge in [-0.05, 0) is 30.3 Å². The Morgan fingerprint density at radius 3 is 2.55 bits per heavy atom. The monoisotopic (exact) mass is 257 g/mol. The Labute approximate surface area is 115 Å². The van der Waals surface area contributed by atoms with Gasteiger partial charge in [-0.2, -0.15) is 0 Å². The molecular formula is C17H11N3. The van der Waals surface area contributed by atoms with E-state index in [0.717, 1.165) is 33.1 Å².